The number of aliphatic imine (C=N–C) groups is 1. The van der Waals surface area contributed by atoms with Gasteiger partial charge in [0.15, 0.2) is 0 Å². The molecular formula is C5H5NO. The predicted molar refractivity (Wildman–Crippen MR) is 27.3 cm³/mol. The Labute approximate surface area is 41.6 Å². The zero-order valence-electron chi connectivity index (χ0n) is 4.01. The number of amides is 1. The van der Waals surface area contributed by atoms with Gasteiger partial charge in [-0.2, -0.15) is 0 Å². The summed E-state index contributed by atoms with van der Waals surface area (Å²) in [6.45, 7) is 1.75. The molecule has 1 rings (SSSR count). The SMILES string of the molecule is CC1=CC=NC1=O. The Hall–Kier alpha value is -0.920. The minimum atomic E-state index is -0.111. The molecular weight excluding hydrogens is 90.1 g/mol. The normalized spacial score (nSPS) is 17.9. The molecule has 1 amide bonds. The summed E-state index contributed by atoms with van der Waals surface area (Å²) >= 11 is 0. The molecule has 0 saturated heterocycles. The molecule has 7 heavy (non-hydrogen) atoms. The van der Waals surface area contributed by atoms with Crippen molar-refractivity contribution in [2.75, 3.05) is 0 Å². The third kappa shape index (κ3) is 0.585. The standard InChI is InChI=1S/C5H5NO/c1-4-2-3-6-5(4)7/h2-3H,1H3. The van der Waals surface area contributed by atoms with Gasteiger partial charge in [-0.3, -0.25) is 4.79 Å². The Bertz CT molecular complexity index is 155. The first-order valence-corrected chi connectivity index (χ1v) is 2.06. The molecule has 0 spiro atoms. The number of allylic oxidation sites excluding steroid dienone is 1. The molecule has 0 radical (unpaired) electrons. The Kier molecular flexibility index (Phi) is 0.785. The van der Waals surface area contributed by atoms with Gasteiger partial charge in [0.1, 0.15) is 0 Å². The molecule has 2 nitrogen and oxygen atoms in total. The third-order valence-corrected chi connectivity index (χ3v) is 0.854. The zero-order valence-corrected chi connectivity index (χ0v) is 4.01. The van der Waals surface area contributed by atoms with Crippen molar-refractivity contribution in [3.63, 3.8) is 0 Å². The number of carbonyl (C=O) groups excluding carboxylic acids is 1. The van der Waals surface area contributed by atoms with Crippen molar-refractivity contribution < 1.29 is 4.79 Å². The number of hydrogen-bond acceptors (Lipinski definition) is 1. The molecule has 36 valence electrons. The summed E-state index contributed by atoms with van der Waals surface area (Å²) in [6.07, 6.45) is 3.21. The van der Waals surface area contributed by atoms with Crippen LogP contribution < -0.4 is 0 Å². The van der Waals surface area contributed by atoms with E-state index < -0.39 is 0 Å². The van der Waals surface area contributed by atoms with Gasteiger partial charge in [-0.15, -0.1) is 0 Å². The van der Waals surface area contributed by atoms with Crippen LogP contribution in [0, 0.1) is 0 Å². The lowest BCUT2D eigenvalue weighted by Gasteiger charge is -1.77. The van der Waals surface area contributed by atoms with Crippen LogP contribution in [0.15, 0.2) is 16.6 Å². The number of nitrogens with zero attached hydrogens (tertiary/aromatic N) is 1. The van der Waals surface area contributed by atoms with E-state index in [9.17, 15) is 4.79 Å². The van der Waals surface area contributed by atoms with E-state index in [0.29, 0.717) is 0 Å². The van der Waals surface area contributed by atoms with E-state index in [1.165, 1.54) is 6.21 Å². The van der Waals surface area contributed by atoms with Gasteiger partial charge in [0, 0.05) is 11.8 Å². The molecule has 0 aromatic carbocycles. The van der Waals surface area contributed by atoms with E-state index in [2.05, 4.69) is 4.99 Å². The fraction of sp³-hybridized carbons (Fsp3) is 0.200. The van der Waals surface area contributed by atoms with Gasteiger partial charge >= 0.3 is 0 Å². The molecule has 0 N–H and O–H groups in total. The zero-order chi connectivity index (χ0) is 5.28. The van der Waals surface area contributed by atoms with E-state index in [4.69, 9.17) is 0 Å². The maximum atomic E-state index is 10.3. The second kappa shape index (κ2) is 1.30. The molecule has 1 heterocycles. The maximum absolute atomic E-state index is 10.3. The van der Waals surface area contributed by atoms with Crippen LogP contribution in [0.1, 0.15) is 6.92 Å². The number of hydrogen-bond donors (Lipinski definition) is 0. The first kappa shape index (κ1) is 4.24. The van der Waals surface area contributed by atoms with Gasteiger partial charge < -0.3 is 0 Å². The van der Waals surface area contributed by atoms with Crippen LogP contribution in [-0.4, -0.2) is 12.1 Å². The van der Waals surface area contributed by atoms with Crippen LogP contribution in [-0.2, 0) is 4.79 Å². The van der Waals surface area contributed by atoms with E-state index in [-0.39, 0.29) is 5.91 Å². The Morgan fingerprint density at radius 1 is 1.71 bits per heavy atom. The third-order valence-electron chi connectivity index (χ3n) is 0.854. The average Bonchev–Trinajstić information content (AvgIpc) is 1.91. The Balaban J connectivity index is 2.89. The van der Waals surface area contributed by atoms with Crippen LogP contribution in [0.3, 0.4) is 0 Å². The lowest BCUT2D eigenvalue weighted by molar-refractivity contribution is -0.114. The summed E-state index contributed by atoms with van der Waals surface area (Å²) in [5.41, 5.74) is 0.722. The van der Waals surface area contributed by atoms with Crippen molar-refractivity contribution in [2.45, 2.75) is 6.92 Å². The molecule has 1 aliphatic rings. The lowest BCUT2D eigenvalue weighted by atomic mass is 10.3. The van der Waals surface area contributed by atoms with Crippen LogP contribution in [0.2, 0.25) is 0 Å². The molecule has 0 saturated carbocycles. The molecule has 0 atom stereocenters. The molecule has 0 bridgehead atoms. The van der Waals surface area contributed by atoms with E-state index in [0.717, 1.165) is 5.57 Å². The topological polar surface area (TPSA) is 29.4 Å². The maximum Gasteiger partial charge on any atom is 0.272 e. The van der Waals surface area contributed by atoms with Crippen molar-refractivity contribution in [3.8, 4) is 0 Å². The van der Waals surface area contributed by atoms with E-state index >= 15 is 0 Å². The minimum Gasteiger partial charge on any atom is -0.267 e. The van der Waals surface area contributed by atoms with Crippen molar-refractivity contribution in [1.82, 2.24) is 0 Å². The van der Waals surface area contributed by atoms with Gasteiger partial charge in [-0.1, -0.05) is 0 Å². The van der Waals surface area contributed by atoms with E-state index in [1.807, 2.05) is 0 Å². The number of rotatable bonds is 0. The second-order valence-electron chi connectivity index (χ2n) is 1.43. The highest BCUT2D eigenvalue weighted by Crippen LogP contribution is 1.98. The van der Waals surface area contributed by atoms with Crippen molar-refractivity contribution in [2.24, 2.45) is 4.99 Å². The summed E-state index contributed by atoms with van der Waals surface area (Å²) in [5, 5.41) is 0. The van der Waals surface area contributed by atoms with Gasteiger partial charge in [0.05, 0.1) is 0 Å². The fourth-order valence-corrected chi connectivity index (χ4v) is 0.390. The fourth-order valence-electron chi connectivity index (χ4n) is 0.390. The van der Waals surface area contributed by atoms with Crippen molar-refractivity contribution >= 4 is 12.1 Å². The molecule has 0 unspecified atom stereocenters. The first-order valence-electron chi connectivity index (χ1n) is 2.06. The van der Waals surface area contributed by atoms with Gasteiger partial charge in [0.2, 0.25) is 0 Å². The van der Waals surface area contributed by atoms with Crippen LogP contribution in [0.25, 0.3) is 0 Å². The highest BCUT2D eigenvalue weighted by atomic mass is 16.1. The molecule has 0 aromatic rings. The smallest absolute Gasteiger partial charge is 0.267 e. The molecule has 0 aliphatic carbocycles. The highest BCUT2D eigenvalue weighted by Gasteiger charge is 2.02. The largest absolute Gasteiger partial charge is 0.272 e. The van der Waals surface area contributed by atoms with Crippen LogP contribution in [0.4, 0.5) is 0 Å². The molecule has 0 aromatic heterocycles. The second-order valence-corrected chi connectivity index (χ2v) is 1.43. The van der Waals surface area contributed by atoms with Gasteiger partial charge in [-0.25, -0.2) is 4.99 Å². The Morgan fingerprint density at radius 2 is 2.43 bits per heavy atom. The highest BCUT2D eigenvalue weighted by molar-refractivity contribution is 6.07. The lowest BCUT2D eigenvalue weighted by Crippen LogP contribution is -1.86. The van der Waals surface area contributed by atoms with Gasteiger partial charge in [-0.05, 0) is 13.0 Å². The van der Waals surface area contributed by atoms with E-state index in [1.54, 1.807) is 13.0 Å². The molecule has 2 heteroatoms. The summed E-state index contributed by atoms with van der Waals surface area (Å²) in [5.74, 6) is -0.111. The summed E-state index contributed by atoms with van der Waals surface area (Å²) in [7, 11) is 0. The quantitative estimate of drug-likeness (QED) is 0.432. The molecule has 0 fully saturated rings. The predicted octanol–water partition coefficient (Wildman–Crippen LogP) is 0.544. The monoisotopic (exact) mass is 95.0 g/mol. The summed E-state index contributed by atoms with van der Waals surface area (Å²) in [6, 6.07) is 0. The Morgan fingerprint density at radius 3 is 2.57 bits per heavy atom. The minimum absolute atomic E-state index is 0.111. The summed E-state index contributed by atoms with van der Waals surface area (Å²) in [4.78, 5) is 13.8. The summed E-state index contributed by atoms with van der Waals surface area (Å²) < 4.78 is 0. The first-order chi connectivity index (χ1) is 3.30. The number of carbonyl (C=O) groups is 1. The van der Waals surface area contributed by atoms with Crippen LogP contribution in [0.5, 0.6) is 0 Å². The van der Waals surface area contributed by atoms with Crippen molar-refractivity contribution in [3.05, 3.63) is 11.6 Å². The molecule has 1 aliphatic heterocycles. The van der Waals surface area contributed by atoms with Crippen molar-refractivity contribution in [1.29, 1.82) is 0 Å². The average molecular weight is 95.1 g/mol. The van der Waals surface area contributed by atoms with Gasteiger partial charge in [0.25, 0.3) is 5.91 Å². The van der Waals surface area contributed by atoms with Crippen LogP contribution >= 0.6 is 0 Å².